The minimum Gasteiger partial charge on any atom is -0.225 e. The van der Waals surface area contributed by atoms with E-state index in [4.69, 9.17) is 5.14 Å². The molecular weight excluding hydrogens is 300 g/mol. The molecule has 0 amide bonds. The van der Waals surface area contributed by atoms with E-state index in [1.54, 1.807) is 0 Å². The van der Waals surface area contributed by atoms with Gasteiger partial charge in [0.05, 0.1) is 9.79 Å². The lowest BCUT2D eigenvalue weighted by molar-refractivity contribution is 0.350. The maximum absolute atomic E-state index is 12.1. The van der Waals surface area contributed by atoms with Gasteiger partial charge in [-0.2, -0.15) is 0 Å². The van der Waals surface area contributed by atoms with Gasteiger partial charge in [-0.05, 0) is 30.0 Å². The Bertz CT molecular complexity index is 679. The van der Waals surface area contributed by atoms with Crippen LogP contribution < -0.4 is 9.86 Å². The second-order valence-corrected chi connectivity index (χ2v) is 8.69. The van der Waals surface area contributed by atoms with Crippen LogP contribution in [-0.2, 0) is 20.0 Å². The van der Waals surface area contributed by atoms with Gasteiger partial charge in [0.1, 0.15) is 0 Å². The average molecular weight is 320 g/mol. The molecule has 0 saturated carbocycles. The third kappa shape index (κ3) is 4.55. The van der Waals surface area contributed by atoms with E-state index in [9.17, 15) is 16.8 Å². The highest BCUT2D eigenvalue weighted by Crippen LogP contribution is 2.20. The fourth-order valence-corrected chi connectivity index (χ4v) is 3.24. The van der Waals surface area contributed by atoms with Crippen molar-refractivity contribution in [2.24, 2.45) is 10.6 Å². The molecule has 3 N–H and O–H groups in total. The fraction of sp³-hybridized carbons (Fsp3) is 0.500. The third-order valence-electron chi connectivity index (χ3n) is 3.14. The minimum absolute atomic E-state index is 0.115. The largest absolute Gasteiger partial charge is 0.240 e. The molecular formula is C12H20N2O4S2. The molecule has 0 saturated heterocycles. The van der Waals surface area contributed by atoms with E-state index in [1.165, 1.54) is 18.2 Å². The SMILES string of the molecule is CCC(C)(C)CNS(=O)(=O)c1cccc(S(N)(=O)=O)c1. The molecule has 6 nitrogen and oxygen atoms in total. The van der Waals surface area contributed by atoms with Gasteiger partial charge in [0, 0.05) is 6.54 Å². The summed E-state index contributed by atoms with van der Waals surface area (Å²) in [6.45, 7) is 6.12. The Morgan fingerprint density at radius 3 is 2.20 bits per heavy atom. The summed E-state index contributed by atoms with van der Waals surface area (Å²) >= 11 is 0. The molecule has 1 rings (SSSR count). The summed E-state index contributed by atoms with van der Waals surface area (Å²) in [5.41, 5.74) is -0.176. The monoisotopic (exact) mass is 320 g/mol. The third-order valence-corrected chi connectivity index (χ3v) is 5.45. The van der Waals surface area contributed by atoms with Crippen molar-refractivity contribution < 1.29 is 16.8 Å². The number of hydrogen-bond acceptors (Lipinski definition) is 4. The van der Waals surface area contributed by atoms with Gasteiger partial charge in [0.15, 0.2) is 0 Å². The van der Waals surface area contributed by atoms with Crippen LogP contribution in [0.25, 0.3) is 0 Å². The number of nitrogens with one attached hydrogen (secondary N) is 1. The number of primary sulfonamides is 1. The van der Waals surface area contributed by atoms with Crippen LogP contribution in [0.5, 0.6) is 0 Å². The zero-order chi connectivity index (χ0) is 15.6. The Morgan fingerprint density at radius 2 is 1.70 bits per heavy atom. The summed E-state index contributed by atoms with van der Waals surface area (Å²) in [7, 11) is -7.68. The van der Waals surface area contributed by atoms with E-state index in [-0.39, 0.29) is 21.8 Å². The van der Waals surface area contributed by atoms with Crippen molar-refractivity contribution in [3.8, 4) is 0 Å². The second kappa shape index (κ2) is 5.80. The van der Waals surface area contributed by atoms with E-state index < -0.39 is 20.0 Å². The molecule has 0 spiro atoms. The first-order valence-electron chi connectivity index (χ1n) is 6.10. The van der Waals surface area contributed by atoms with E-state index in [1.807, 2.05) is 20.8 Å². The molecule has 0 aromatic heterocycles. The van der Waals surface area contributed by atoms with Crippen molar-refractivity contribution >= 4 is 20.0 Å². The van der Waals surface area contributed by atoms with Crippen molar-refractivity contribution in [3.63, 3.8) is 0 Å². The molecule has 0 bridgehead atoms. The number of nitrogens with two attached hydrogens (primary N) is 1. The predicted octanol–water partition coefficient (Wildman–Crippen LogP) is 1.05. The first kappa shape index (κ1) is 17.1. The lowest BCUT2D eigenvalue weighted by Crippen LogP contribution is -2.33. The molecule has 20 heavy (non-hydrogen) atoms. The molecule has 1 aromatic rings. The molecule has 0 aliphatic heterocycles. The van der Waals surface area contributed by atoms with Crippen LogP contribution in [0.1, 0.15) is 27.2 Å². The average Bonchev–Trinajstić information content (AvgIpc) is 2.36. The van der Waals surface area contributed by atoms with Gasteiger partial charge in [-0.25, -0.2) is 26.7 Å². The van der Waals surface area contributed by atoms with E-state index >= 15 is 0 Å². The highest BCUT2D eigenvalue weighted by Gasteiger charge is 2.21. The normalized spacial score (nSPS) is 13.4. The Morgan fingerprint density at radius 1 is 1.15 bits per heavy atom. The van der Waals surface area contributed by atoms with Crippen LogP contribution >= 0.6 is 0 Å². The molecule has 0 unspecified atom stereocenters. The van der Waals surface area contributed by atoms with E-state index in [2.05, 4.69) is 4.72 Å². The number of sulfonamides is 2. The summed E-state index contributed by atoms with van der Waals surface area (Å²) in [6, 6.07) is 4.98. The Kier molecular flexibility index (Phi) is 4.96. The van der Waals surface area contributed by atoms with E-state index in [0.717, 1.165) is 12.5 Å². The molecule has 114 valence electrons. The summed E-state index contributed by atoms with van der Waals surface area (Å²) in [5.74, 6) is 0. The van der Waals surface area contributed by atoms with Crippen molar-refractivity contribution in [3.05, 3.63) is 24.3 Å². The molecule has 8 heteroatoms. The molecule has 0 fully saturated rings. The number of benzene rings is 1. The first-order chi connectivity index (χ1) is 8.98. The maximum atomic E-state index is 12.1. The fourth-order valence-electron chi connectivity index (χ4n) is 1.32. The summed E-state index contributed by atoms with van der Waals surface area (Å²) in [4.78, 5) is -0.342. The smallest absolute Gasteiger partial charge is 0.225 e. The van der Waals surface area contributed by atoms with Crippen molar-refractivity contribution in [2.45, 2.75) is 37.0 Å². The maximum Gasteiger partial charge on any atom is 0.240 e. The van der Waals surface area contributed by atoms with Crippen molar-refractivity contribution in [2.75, 3.05) is 6.54 Å². The lowest BCUT2D eigenvalue weighted by atomic mass is 9.91. The van der Waals surface area contributed by atoms with Gasteiger partial charge in [-0.3, -0.25) is 0 Å². The zero-order valence-electron chi connectivity index (χ0n) is 11.8. The van der Waals surface area contributed by atoms with Crippen LogP contribution in [0.4, 0.5) is 0 Å². The Balaban J connectivity index is 3.05. The summed E-state index contributed by atoms with van der Waals surface area (Å²) < 4.78 is 49.2. The first-order valence-corrected chi connectivity index (χ1v) is 9.13. The Hall–Kier alpha value is -0.960. The molecule has 0 aliphatic rings. The summed E-state index contributed by atoms with van der Waals surface area (Å²) in [5, 5.41) is 4.99. The second-order valence-electron chi connectivity index (χ2n) is 5.36. The molecule has 1 aromatic carbocycles. The van der Waals surface area contributed by atoms with Crippen LogP contribution in [0, 0.1) is 5.41 Å². The number of rotatable bonds is 6. The Labute approximate surface area is 120 Å². The lowest BCUT2D eigenvalue weighted by Gasteiger charge is -2.22. The van der Waals surface area contributed by atoms with Gasteiger partial charge in [0.25, 0.3) is 0 Å². The van der Waals surface area contributed by atoms with Crippen LogP contribution in [0.2, 0.25) is 0 Å². The highest BCUT2D eigenvalue weighted by atomic mass is 32.2. The summed E-state index contributed by atoms with van der Waals surface area (Å²) in [6.07, 6.45) is 0.812. The number of hydrogen-bond donors (Lipinski definition) is 2. The van der Waals surface area contributed by atoms with Crippen LogP contribution in [0.3, 0.4) is 0 Å². The highest BCUT2D eigenvalue weighted by molar-refractivity contribution is 7.90. The standard InChI is InChI=1S/C12H20N2O4S2/c1-4-12(2,3)9-14-20(17,18)11-7-5-6-10(8-11)19(13,15)16/h5-8,14H,4,9H2,1-3H3,(H2,13,15,16). The topological polar surface area (TPSA) is 106 Å². The minimum atomic E-state index is -3.93. The predicted molar refractivity (Wildman–Crippen MR) is 77.1 cm³/mol. The zero-order valence-corrected chi connectivity index (χ0v) is 13.4. The quantitative estimate of drug-likeness (QED) is 0.817. The molecule has 0 heterocycles. The van der Waals surface area contributed by atoms with Crippen LogP contribution in [-0.4, -0.2) is 23.4 Å². The van der Waals surface area contributed by atoms with Gasteiger partial charge < -0.3 is 0 Å². The van der Waals surface area contributed by atoms with Crippen LogP contribution in [0.15, 0.2) is 34.1 Å². The van der Waals surface area contributed by atoms with Crippen molar-refractivity contribution in [1.82, 2.24) is 4.72 Å². The molecule has 0 atom stereocenters. The molecule has 0 aliphatic carbocycles. The van der Waals surface area contributed by atoms with Gasteiger partial charge in [-0.15, -0.1) is 0 Å². The molecule has 0 radical (unpaired) electrons. The van der Waals surface area contributed by atoms with Crippen molar-refractivity contribution in [1.29, 1.82) is 0 Å². The van der Waals surface area contributed by atoms with E-state index in [0.29, 0.717) is 0 Å². The van der Waals surface area contributed by atoms with Gasteiger partial charge in [-0.1, -0.05) is 26.8 Å². The van der Waals surface area contributed by atoms with Gasteiger partial charge >= 0.3 is 0 Å². The van der Waals surface area contributed by atoms with Gasteiger partial charge in [0.2, 0.25) is 20.0 Å².